The molecule has 17 heavy (non-hydrogen) atoms. The summed E-state index contributed by atoms with van der Waals surface area (Å²) in [7, 11) is 0. The number of hydrazine groups is 1. The maximum atomic E-state index is 11.6. The van der Waals surface area contributed by atoms with Gasteiger partial charge < -0.3 is 15.3 Å². The number of amides is 1. The van der Waals surface area contributed by atoms with Gasteiger partial charge >= 0.3 is 0 Å². The van der Waals surface area contributed by atoms with Crippen LogP contribution in [-0.2, 0) is 6.54 Å². The molecule has 2 aromatic rings. The van der Waals surface area contributed by atoms with Gasteiger partial charge in [-0.1, -0.05) is 5.16 Å². The number of aromatic nitrogens is 3. The zero-order valence-electron chi connectivity index (χ0n) is 8.75. The molecule has 8 heteroatoms. The third-order valence-electron chi connectivity index (χ3n) is 1.96. The number of nitrogen functional groups attached to an aromatic ring is 1. The lowest BCUT2D eigenvalue weighted by Crippen LogP contribution is -2.24. The van der Waals surface area contributed by atoms with E-state index in [0.717, 1.165) is 0 Å². The molecule has 0 aliphatic heterocycles. The highest BCUT2D eigenvalue weighted by atomic mass is 16.5. The molecule has 1 amide bonds. The molecule has 0 aromatic carbocycles. The molecule has 2 aromatic heterocycles. The quantitative estimate of drug-likeness (QED) is 0.490. The lowest BCUT2D eigenvalue weighted by Gasteiger charge is -2.02. The van der Waals surface area contributed by atoms with Crippen LogP contribution in [0.5, 0.6) is 0 Å². The van der Waals surface area contributed by atoms with E-state index in [2.05, 4.69) is 26.1 Å². The summed E-state index contributed by atoms with van der Waals surface area (Å²) in [5, 5.41) is 13.5. The molecule has 0 atom stereocenters. The van der Waals surface area contributed by atoms with Crippen molar-refractivity contribution < 1.29 is 9.32 Å². The van der Waals surface area contributed by atoms with E-state index in [1.807, 2.05) is 0 Å². The number of nitrogens with two attached hydrogens (primary N) is 1. The van der Waals surface area contributed by atoms with Gasteiger partial charge in [-0.05, 0) is 12.1 Å². The van der Waals surface area contributed by atoms with E-state index < -0.39 is 0 Å². The minimum absolute atomic E-state index is 0.198. The van der Waals surface area contributed by atoms with Gasteiger partial charge in [0.15, 0.2) is 17.3 Å². The minimum Gasteiger partial charge on any atom is -0.360 e. The van der Waals surface area contributed by atoms with E-state index in [-0.39, 0.29) is 18.1 Å². The molecule has 0 radical (unpaired) electrons. The fourth-order valence-corrected chi connectivity index (χ4v) is 1.12. The van der Waals surface area contributed by atoms with Gasteiger partial charge in [-0.2, -0.15) is 0 Å². The van der Waals surface area contributed by atoms with Crippen LogP contribution in [0.3, 0.4) is 0 Å². The monoisotopic (exact) mass is 234 g/mol. The lowest BCUT2D eigenvalue weighted by atomic mass is 10.3. The van der Waals surface area contributed by atoms with E-state index in [4.69, 9.17) is 10.4 Å². The summed E-state index contributed by atoms with van der Waals surface area (Å²) in [5.74, 6) is 5.72. The van der Waals surface area contributed by atoms with Crippen molar-refractivity contribution in [2.24, 2.45) is 5.84 Å². The number of nitrogens with zero attached hydrogens (tertiary/aromatic N) is 3. The van der Waals surface area contributed by atoms with Crippen LogP contribution in [0.25, 0.3) is 0 Å². The standard InChI is InChI=1S/C9H10N6O2/c10-13-8-2-1-7(14-15-8)9(16)11-5-6-3-4-12-17-6/h1-4H,5,10H2,(H,11,16)(H,13,15). The van der Waals surface area contributed by atoms with Crippen LogP contribution >= 0.6 is 0 Å². The average Bonchev–Trinajstić information content (AvgIpc) is 2.89. The second kappa shape index (κ2) is 5.03. The second-order valence-electron chi connectivity index (χ2n) is 3.11. The van der Waals surface area contributed by atoms with Crippen LogP contribution in [-0.4, -0.2) is 21.3 Å². The summed E-state index contributed by atoms with van der Waals surface area (Å²) >= 11 is 0. The van der Waals surface area contributed by atoms with E-state index >= 15 is 0 Å². The molecule has 0 saturated heterocycles. The highest BCUT2D eigenvalue weighted by Crippen LogP contribution is 2.01. The fraction of sp³-hybridized carbons (Fsp3) is 0.111. The summed E-state index contributed by atoms with van der Waals surface area (Å²) in [6.45, 7) is 0.247. The van der Waals surface area contributed by atoms with Crippen molar-refractivity contribution in [3.8, 4) is 0 Å². The van der Waals surface area contributed by atoms with Crippen LogP contribution in [0.2, 0.25) is 0 Å². The minimum atomic E-state index is -0.350. The highest BCUT2D eigenvalue weighted by molar-refractivity contribution is 5.92. The first-order valence-electron chi connectivity index (χ1n) is 4.77. The van der Waals surface area contributed by atoms with Crippen molar-refractivity contribution in [1.82, 2.24) is 20.7 Å². The number of carbonyl (C=O) groups is 1. The van der Waals surface area contributed by atoms with Gasteiger partial charge in [0.05, 0.1) is 12.7 Å². The van der Waals surface area contributed by atoms with Gasteiger partial charge in [0.1, 0.15) is 0 Å². The molecular weight excluding hydrogens is 224 g/mol. The third-order valence-corrected chi connectivity index (χ3v) is 1.96. The Morgan fingerprint density at radius 1 is 1.35 bits per heavy atom. The number of nitrogens with one attached hydrogen (secondary N) is 2. The molecule has 0 aliphatic carbocycles. The maximum Gasteiger partial charge on any atom is 0.272 e. The number of rotatable bonds is 4. The van der Waals surface area contributed by atoms with Gasteiger partial charge in [0.25, 0.3) is 5.91 Å². The van der Waals surface area contributed by atoms with Crippen molar-refractivity contribution in [3.05, 3.63) is 35.9 Å². The van der Waals surface area contributed by atoms with Crippen molar-refractivity contribution in [2.75, 3.05) is 5.43 Å². The molecular formula is C9H10N6O2. The molecule has 8 nitrogen and oxygen atoms in total. The number of carbonyl (C=O) groups excluding carboxylic acids is 1. The summed E-state index contributed by atoms with van der Waals surface area (Å²) in [6, 6.07) is 4.72. The summed E-state index contributed by atoms with van der Waals surface area (Å²) in [5.41, 5.74) is 2.52. The molecule has 0 fully saturated rings. The Kier molecular flexibility index (Phi) is 3.26. The number of hydrogen-bond acceptors (Lipinski definition) is 7. The number of hydrogen-bond donors (Lipinski definition) is 3. The van der Waals surface area contributed by atoms with Crippen LogP contribution in [0, 0.1) is 0 Å². The van der Waals surface area contributed by atoms with Crippen molar-refractivity contribution in [2.45, 2.75) is 6.54 Å². The molecule has 0 bridgehead atoms. The summed E-state index contributed by atoms with van der Waals surface area (Å²) < 4.78 is 4.83. The molecule has 0 spiro atoms. The van der Waals surface area contributed by atoms with Crippen LogP contribution < -0.4 is 16.6 Å². The molecule has 2 rings (SSSR count). The maximum absolute atomic E-state index is 11.6. The van der Waals surface area contributed by atoms with Crippen molar-refractivity contribution in [1.29, 1.82) is 0 Å². The number of anilines is 1. The van der Waals surface area contributed by atoms with E-state index in [9.17, 15) is 4.79 Å². The largest absolute Gasteiger partial charge is 0.360 e. The van der Waals surface area contributed by atoms with Crippen molar-refractivity contribution >= 4 is 11.7 Å². The van der Waals surface area contributed by atoms with Gasteiger partial charge in [0.2, 0.25) is 0 Å². The van der Waals surface area contributed by atoms with Crippen LogP contribution in [0.4, 0.5) is 5.82 Å². The summed E-state index contributed by atoms with van der Waals surface area (Å²) in [6.07, 6.45) is 1.50. The third kappa shape index (κ3) is 2.75. The lowest BCUT2D eigenvalue weighted by molar-refractivity contribution is 0.0941. The van der Waals surface area contributed by atoms with E-state index in [1.165, 1.54) is 12.3 Å². The molecule has 0 saturated carbocycles. The first kappa shape index (κ1) is 11.0. The Labute approximate surface area is 96.2 Å². The normalized spacial score (nSPS) is 9.94. The highest BCUT2D eigenvalue weighted by Gasteiger charge is 2.08. The first-order valence-corrected chi connectivity index (χ1v) is 4.77. The Morgan fingerprint density at radius 3 is 2.82 bits per heavy atom. The zero-order valence-corrected chi connectivity index (χ0v) is 8.75. The first-order chi connectivity index (χ1) is 8.29. The predicted octanol–water partition coefficient (Wildman–Crippen LogP) is -0.320. The molecule has 88 valence electrons. The van der Waals surface area contributed by atoms with Crippen LogP contribution in [0.1, 0.15) is 16.2 Å². The van der Waals surface area contributed by atoms with E-state index in [0.29, 0.717) is 11.6 Å². The smallest absolute Gasteiger partial charge is 0.272 e. The van der Waals surface area contributed by atoms with E-state index in [1.54, 1.807) is 12.1 Å². The topological polar surface area (TPSA) is 119 Å². The van der Waals surface area contributed by atoms with Crippen molar-refractivity contribution in [3.63, 3.8) is 0 Å². The SMILES string of the molecule is NNc1ccc(C(=O)NCc2ccno2)nn1. The summed E-state index contributed by atoms with van der Waals surface area (Å²) in [4.78, 5) is 11.6. The molecule has 4 N–H and O–H groups in total. The van der Waals surface area contributed by atoms with Gasteiger partial charge in [-0.15, -0.1) is 10.2 Å². The van der Waals surface area contributed by atoms with Crippen LogP contribution in [0.15, 0.2) is 28.9 Å². The molecule has 2 heterocycles. The van der Waals surface area contributed by atoms with Gasteiger partial charge in [0, 0.05) is 6.07 Å². The Hall–Kier alpha value is -2.48. The predicted molar refractivity (Wildman–Crippen MR) is 57.5 cm³/mol. The molecule has 0 aliphatic rings. The zero-order chi connectivity index (χ0) is 12.1. The second-order valence-corrected chi connectivity index (χ2v) is 3.11. The van der Waals surface area contributed by atoms with Gasteiger partial charge in [-0.25, -0.2) is 5.84 Å². The Balaban J connectivity index is 1.95. The average molecular weight is 234 g/mol. The van der Waals surface area contributed by atoms with Gasteiger partial charge in [-0.3, -0.25) is 4.79 Å². The fourth-order valence-electron chi connectivity index (χ4n) is 1.12. The molecule has 0 unspecified atom stereocenters. The Morgan fingerprint density at radius 2 is 2.24 bits per heavy atom. The Bertz CT molecular complexity index is 481.